The van der Waals surface area contributed by atoms with Gasteiger partial charge in [0, 0.05) is 19.5 Å². The van der Waals surface area contributed by atoms with Crippen molar-refractivity contribution in [2.45, 2.75) is 26.2 Å². The Morgan fingerprint density at radius 3 is 3.05 bits per heavy atom. The third kappa shape index (κ3) is 3.30. The van der Waals surface area contributed by atoms with Crippen LogP contribution in [-0.2, 0) is 4.79 Å². The fraction of sp³-hybridized carbons (Fsp3) is 0.667. The van der Waals surface area contributed by atoms with E-state index in [4.69, 9.17) is 5.11 Å². The molecule has 2 rings (SSSR count). The van der Waals surface area contributed by atoms with Crippen LogP contribution in [0, 0.1) is 11.8 Å². The molecule has 19 heavy (non-hydrogen) atoms. The molecule has 7 heteroatoms. The lowest BCUT2D eigenvalue weighted by Gasteiger charge is -2.35. The molecule has 0 radical (unpaired) electrons. The van der Waals surface area contributed by atoms with Crippen molar-refractivity contribution in [3.05, 3.63) is 11.9 Å². The molecule has 1 saturated heterocycles. The van der Waals surface area contributed by atoms with Crippen molar-refractivity contribution in [3.63, 3.8) is 0 Å². The fourth-order valence-corrected chi connectivity index (χ4v) is 2.57. The van der Waals surface area contributed by atoms with Gasteiger partial charge in [-0.15, -0.1) is 0 Å². The molecule has 104 valence electrons. The highest BCUT2D eigenvalue weighted by molar-refractivity contribution is 5.91. The molecule has 0 aromatic carbocycles. The number of H-pyrrole nitrogens is 1. The Morgan fingerprint density at radius 1 is 1.63 bits per heavy atom. The van der Waals surface area contributed by atoms with Gasteiger partial charge in [-0.05, 0) is 24.7 Å². The van der Waals surface area contributed by atoms with Gasteiger partial charge in [-0.3, -0.25) is 9.59 Å². The zero-order valence-corrected chi connectivity index (χ0v) is 10.9. The molecule has 0 spiro atoms. The first kappa shape index (κ1) is 13.5. The molecule has 1 aromatic heterocycles. The molecular weight excluding hydrogens is 248 g/mol. The predicted molar refractivity (Wildman–Crippen MR) is 66.4 cm³/mol. The van der Waals surface area contributed by atoms with E-state index in [1.54, 1.807) is 4.90 Å². The zero-order chi connectivity index (χ0) is 13.8. The van der Waals surface area contributed by atoms with Crippen LogP contribution in [0.5, 0.6) is 0 Å². The summed E-state index contributed by atoms with van der Waals surface area (Å²) in [5, 5.41) is 18.7. The largest absolute Gasteiger partial charge is 0.481 e. The number of aromatic nitrogens is 3. The number of carbonyl (C=O) groups excluding carboxylic acids is 1. The maximum atomic E-state index is 12.1. The van der Waals surface area contributed by atoms with Gasteiger partial charge in [-0.25, -0.2) is 0 Å². The summed E-state index contributed by atoms with van der Waals surface area (Å²) in [6.45, 7) is 3.23. The van der Waals surface area contributed by atoms with E-state index in [2.05, 4.69) is 15.4 Å². The van der Waals surface area contributed by atoms with Crippen LogP contribution in [0.1, 0.15) is 36.7 Å². The Hall–Kier alpha value is -1.92. The predicted octanol–water partition coefficient (Wildman–Crippen LogP) is 0.768. The van der Waals surface area contributed by atoms with Gasteiger partial charge in [0.05, 0.1) is 6.20 Å². The van der Waals surface area contributed by atoms with E-state index in [1.807, 2.05) is 6.92 Å². The number of nitrogens with one attached hydrogen (secondary N) is 1. The first-order valence-corrected chi connectivity index (χ1v) is 6.44. The molecule has 1 aromatic rings. The topological polar surface area (TPSA) is 99.2 Å². The fourth-order valence-electron chi connectivity index (χ4n) is 2.57. The summed E-state index contributed by atoms with van der Waals surface area (Å²) < 4.78 is 0. The molecule has 2 unspecified atom stereocenters. The van der Waals surface area contributed by atoms with Gasteiger partial charge >= 0.3 is 5.97 Å². The second-order valence-electron chi connectivity index (χ2n) is 5.08. The molecule has 2 atom stereocenters. The van der Waals surface area contributed by atoms with Gasteiger partial charge in [0.2, 0.25) is 0 Å². The van der Waals surface area contributed by atoms with Crippen molar-refractivity contribution < 1.29 is 14.7 Å². The highest BCUT2D eigenvalue weighted by Crippen LogP contribution is 2.26. The van der Waals surface area contributed by atoms with Gasteiger partial charge < -0.3 is 10.0 Å². The Morgan fingerprint density at radius 2 is 2.42 bits per heavy atom. The minimum atomic E-state index is -0.785. The highest BCUT2D eigenvalue weighted by Gasteiger charge is 2.29. The van der Waals surface area contributed by atoms with Crippen molar-refractivity contribution in [3.8, 4) is 0 Å². The molecule has 2 N–H and O–H groups in total. The van der Waals surface area contributed by atoms with E-state index in [-0.39, 0.29) is 24.2 Å². The Labute approximate surface area is 111 Å². The number of aliphatic carboxylic acids is 1. The number of aromatic amines is 1. The van der Waals surface area contributed by atoms with Crippen LogP contribution < -0.4 is 0 Å². The van der Waals surface area contributed by atoms with E-state index < -0.39 is 5.97 Å². The van der Waals surface area contributed by atoms with E-state index in [0.717, 1.165) is 12.8 Å². The minimum absolute atomic E-state index is 0.0745. The molecule has 7 nitrogen and oxygen atoms in total. The average Bonchev–Trinajstić information content (AvgIpc) is 2.91. The third-order valence-electron chi connectivity index (χ3n) is 3.68. The minimum Gasteiger partial charge on any atom is -0.481 e. The van der Waals surface area contributed by atoms with Crippen molar-refractivity contribution in [2.24, 2.45) is 11.8 Å². The number of nitrogens with zero attached hydrogens (tertiary/aromatic N) is 3. The molecule has 1 amide bonds. The molecule has 1 fully saturated rings. The van der Waals surface area contributed by atoms with Crippen LogP contribution in [0.2, 0.25) is 0 Å². The van der Waals surface area contributed by atoms with Crippen LogP contribution in [-0.4, -0.2) is 50.4 Å². The number of carboxylic acids is 1. The number of hydrogen-bond donors (Lipinski definition) is 2. The number of hydrogen-bond acceptors (Lipinski definition) is 4. The highest BCUT2D eigenvalue weighted by atomic mass is 16.4. The molecular formula is C12H18N4O3. The number of amides is 1. The summed E-state index contributed by atoms with van der Waals surface area (Å²) in [5.41, 5.74) is 0.312. The van der Waals surface area contributed by atoms with Crippen molar-refractivity contribution in [1.29, 1.82) is 0 Å². The summed E-state index contributed by atoms with van der Waals surface area (Å²) in [7, 11) is 0. The van der Waals surface area contributed by atoms with E-state index in [0.29, 0.717) is 18.8 Å². The van der Waals surface area contributed by atoms with Gasteiger partial charge in [0.25, 0.3) is 5.91 Å². The van der Waals surface area contributed by atoms with Crippen LogP contribution in [0.4, 0.5) is 0 Å². The van der Waals surface area contributed by atoms with E-state index in [9.17, 15) is 9.59 Å². The Bertz CT molecular complexity index is 446. The summed E-state index contributed by atoms with van der Waals surface area (Å²) in [6.07, 6.45) is 3.43. The van der Waals surface area contributed by atoms with Crippen molar-refractivity contribution in [2.75, 3.05) is 13.1 Å². The molecule has 0 aliphatic carbocycles. The maximum Gasteiger partial charge on any atom is 0.303 e. The molecule has 0 bridgehead atoms. The summed E-state index contributed by atoms with van der Waals surface area (Å²) in [5.74, 6) is -0.612. The van der Waals surface area contributed by atoms with Crippen LogP contribution >= 0.6 is 0 Å². The molecule has 1 aliphatic heterocycles. The standard InChI is InChI=1S/C12H18N4O3/c1-8(5-11(17)18)9-3-2-4-16(7-9)12(19)10-6-13-15-14-10/h6,8-9H,2-5,7H2,1H3,(H,17,18)(H,13,14,15). The summed E-state index contributed by atoms with van der Waals surface area (Å²) in [6, 6.07) is 0. The maximum absolute atomic E-state index is 12.1. The Kier molecular flexibility index (Phi) is 4.13. The second kappa shape index (κ2) is 5.81. The van der Waals surface area contributed by atoms with Gasteiger partial charge in [-0.1, -0.05) is 6.92 Å². The van der Waals surface area contributed by atoms with E-state index >= 15 is 0 Å². The molecule has 2 heterocycles. The quantitative estimate of drug-likeness (QED) is 0.838. The van der Waals surface area contributed by atoms with Gasteiger partial charge in [0.15, 0.2) is 5.69 Å². The van der Waals surface area contributed by atoms with Crippen LogP contribution in [0.25, 0.3) is 0 Å². The van der Waals surface area contributed by atoms with Crippen LogP contribution in [0.3, 0.4) is 0 Å². The lowest BCUT2D eigenvalue weighted by molar-refractivity contribution is -0.138. The summed E-state index contributed by atoms with van der Waals surface area (Å²) in [4.78, 5) is 24.6. The lowest BCUT2D eigenvalue weighted by Crippen LogP contribution is -2.42. The number of piperidine rings is 1. The Balaban J connectivity index is 1.97. The van der Waals surface area contributed by atoms with Crippen LogP contribution in [0.15, 0.2) is 6.20 Å². The second-order valence-corrected chi connectivity index (χ2v) is 5.08. The van der Waals surface area contributed by atoms with Crippen molar-refractivity contribution >= 4 is 11.9 Å². The monoisotopic (exact) mass is 266 g/mol. The number of carbonyl (C=O) groups is 2. The van der Waals surface area contributed by atoms with Gasteiger partial charge in [-0.2, -0.15) is 15.4 Å². The number of rotatable bonds is 4. The molecule has 0 saturated carbocycles. The first-order valence-electron chi connectivity index (χ1n) is 6.44. The first-order chi connectivity index (χ1) is 9.08. The normalized spacial score (nSPS) is 21.1. The number of likely N-dealkylation sites (tertiary alicyclic amines) is 1. The third-order valence-corrected chi connectivity index (χ3v) is 3.68. The van der Waals surface area contributed by atoms with Gasteiger partial charge in [0.1, 0.15) is 0 Å². The smallest absolute Gasteiger partial charge is 0.303 e. The average molecular weight is 266 g/mol. The summed E-state index contributed by atoms with van der Waals surface area (Å²) >= 11 is 0. The van der Waals surface area contributed by atoms with Crippen molar-refractivity contribution in [1.82, 2.24) is 20.3 Å². The SMILES string of the molecule is CC(CC(=O)O)C1CCCN(C(=O)c2cn[nH]n2)C1. The molecule has 1 aliphatic rings. The zero-order valence-electron chi connectivity index (χ0n) is 10.9. The number of carboxylic acid groups (broad SMARTS) is 1. The lowest BCUT2D eigenvalue weighted by atomic mass is 9.84. The van der Waals surface area contributed by atoms with E-state index in [1.165, 1.54) is 6.20 Å².